The van der Waals surface area contributed by atoms with Crippen LogP contribution in [0.5, 0.6) is 11.5 Å². The van der Waals surface area contributed by atoms with Gasteiger partial charge in [0.15, 0.2) is 0 Å². The third kappa shape index (κ3) is 4.04. The Labute approximate surface area is 169 Å². The van der Waals surface area contributed by atoms with Gasteiger partial charge in [0, 0.05) is 23.3 Å². The average molecular weight is 383 g/mol. The van der Waals surface area contributed by atoms with Gasteiger partial charge in [-0.2, -0.15) is 0 Å². The second-order valence-electron chi connectivity index (χ2n) is 6.54. The lowest BCUT2D eigenvalue weighted by Gasteiger charge is -2.22. The molecule has 5 heteroatoms. The van der Waals surface area contributed by atoms with Crippen LogP contribution in [-0.2, 0) is 0 Å². The summed E-state index contributed by atoms with van der Waals surface area (Å²) >= 11 is 0. The van der Waals surface area contributed by atoms with Gasteiger partial charge < -0.3 is 15.2 Å². The summed E-state index contributed by atoms with van der Waals surface area (Å²) in [5.74, 6) is 1.58. The monoisotopic (exact) mass is 383 g/mol. The van der Waals surface area contributed by atoms with E-state index in [9.17, 15) is 5.11 Å². The summed E-state index contributed by atoms with van der Waals surface area (Å²) in [5.41, 5.74) is 2.21. The maximum absolute atomic E-state index is 11.0. The van der Waals surface area contributed by atoms with Gasteiger partial charge in [-0.3, -0.25) is 4.98 Å². The molecule has 0 fully saturated rings. The molecule has 5 nitrogen and oxygen atoms in total. The number of nitrogens with zero attached hydrogens (tertiary/aromatic N) is 2. The van der Waals surface area contributed by atoms with Gasteiger partial charge in [-0.1, -0.05) is 49.1 Å². The van der Waals surface area contributed by atoms with Crippen molar-refractivity contribution in [2.24, 2.45) is 0 Å². The minimum absolute atomic E-state index is 0.147. The van der Waals surface area contributed by atoms with Crippen molar-refractivity contribution in [3.8, 4) is 11.5 Å². The molecule has 0 spiro atoms. The fraction of sp³-hybridized carbons (Fsp3) is 0.0833. The highest BCUT2D eigenvalue weighted by molar-refractivity contribution is 5.86. The van der Waals surface area contributed by atoms with Crippen LogP contribution in [0.25, 0.3) is 10.9 Å². The molecule has 0 saturated heterocycles. The summed E-state index contributed by atoms with van der Waals surface area (Å²) < 4.78 is 5.70. The van der Waals surface area contributed by atoms with E-state index in [1.807, 2.05) is 66.7 Å². The summed E-state index contributed by atoms with van der Waals surface area (Å²) in [5, 5.41) is 15.3. The number of rotatable bonds is 7. The Kier molecular flexibility index (Phi) is 5.38. The normalized spacial score (nSPS) is 11.7. The fourth-order valence-electron chi connectivity index (χ4n) is 3.25. The lowest BCUT2D eigenvalue weighted by molar-refractivity contribution is 0.362. The molecule has 2 aromatic heterocycles. The van der Waals surface area contributed by atoms with Crippen molar-refractivity contribution in [1.29, 1.82) is 0 Å². The highest BCUT2D eigenvalue weighted by atomic mass is 16.5. The predicted octanol–water partition coefficient (Wildman–Crippen LogP) is 5.10. The van der Waals surface area contributed by atoms with E-state index >= 15 is 0 Å². The fourth-order valence-corrected chi connectivity index (χ4v) is 3.25. The van der Waals surface area contributed by atoms with Gasteiger partial charge in [0.25, 0.3) is 0 Å². The lowest BCUT2D eigenvalue weighted by Crippen LogP contribution is -2.14. The second kappa shape index (κ2) is 8.44. The van der Waals surface area contributed by atoms with E-state index in [2.05, 4.69) is 21.9 Å². The average Bonchev–Trinajstić information content (AvgIpc) is 2.78. The van der Waals surface area contributed by atoms with Gasteiger partial charge >= 0.3 is 0 Å². The number of phenolic OH excluding ortho intramolecular Hbond substituents is 1. The molecule has 0 aliphatic rings. The summed E-state index contributed by atoms with van der Waals surface area (Å²) in [7, 11) is 0. The molecule has 2 N–H and O–H groups in total. The number of aromatic nitrogens is 2. The van der Waals surface area contributed by atoms with Crippen molar-refractivity contribution in [3.05, 3.63) is 103 Å². The van der Waals surface area contributed by atoms with E-state index in [1.54, 1.807) is 18.5 Å². The van der Waals surface area contributed by atoms with E-state index in [0.717, 1.165) is 16.7 Å². The molecule has 0 aliphatic carbocycles. The van der Waals surface area contributed by atoms with E-state index in [-0.39, 0.29) is 11.8 Å². The minimum atomic E-state index is -0.344. The molecule has 4 rings (SSSR count). The first kappa shape index (κ1) is 18.5. The summed E-state index contributed by atoms with van der Waals surface area (Å²) in [4.78, 5) is 8.73. The van der Waals surface area contributed by atoms with Crippen molar-refractivity contribution in [1.82, 2.24) is 9.97 Å². The van der Waals surface area contributed by atoms with Crippen LogP contribution in [0.1, 0.15) is 17.2 Å². The second-order valence-corrected chi connectivity index (χ2v) is 6.54. The van der Waals surface area contributed by atoms with Gasteiger partial charge in [-0.15, -0.1) is 0 Å². The summed E-state index contributed by atoms with van der Waals surface area (Å²) in [6.07, 6.45) is 5.11. The zero-order valence-corrected chi connectivity index (χ0v) is 15.8. The van der Waals surface area contributed by atoms with Crippen LogP contribution in [0.2, 0.25) is 0 Å². The summed E-state index contributed by atoms with van der Waals surface area (Å²) in [6.45, 7) is 4.12. The zero-order chi connectivity index (χ0) is 20.1. The molecule has 2 heterocycles. The standard InChI is InChI=1S/C24H21N3O2/c1-2-15-29-19-9-5-7-18(16-19)22(27-21-10-3-4-13-25-21)20-12-11-17-8-6-14-26-23(17)24(20)28/h2-14,16,22,28H,1,15H2,(H,25,27)/t22-/m1/s1. The molecular formula is C24H21N3O2. The molecule has 2 aromatic carbocycles. The van der Waals surface area contributed by atoms with Crippen molar-refractivity contribution in [2.45, 2.75) is 6.04 Å². The van der Waals surface area contributed by atoms with Crippen molar-refractivity contribution in [2.75, 3.05) is 11.9 Å². The molecular weight excluding hydrogens is 362 g/mol. The third-order valence-corrected chi connectivity index (χ3v) is 4.61. The Balaban J connectivity index is 1.81. The predicted molar refractivity (Wildman–Crippen MR) is 115 cm³/mol. The topological polar surface area (TPSA) is 67.3 Å². The van der Waals surface area contributed by atoms with Gasteiger partial charge in [-0.25, -0.2) is 4.98 Å². The number of anilines is 1. The van der Waals surface area contributed by atoms with Crippen LogP contribution in [0.15, 0.2) is 91.8 Å². The molecule has 0 saturated carbocycles. The maximum Gasteiger partial charge on any atom is 0.147 e. The van der Waals surface area contributed by atoms with E-state index in [0.29, 0.717) is 23.5 Å². The number of fused-ring (bicyclic) bond motifs is 1. The molecule has 144 valence electrons. The largest absolute Gasteiger partial charge is 0.505 e. The lowest BCUT2D eigenvalue weighted by atomic mass is 9.96. The number of nitrogens with one attached hydrogen (secondary N) is 1. The van der Waals surface area contributed by atoms with Crippen LogP contribution in [0, 0.1) is 0 Å². The molecule has 29 heavy (non-hydrogen) atoms. The number of ether oxygens (including phenoxy) is 1. The Morgan fingerprint density at radius 3 is 2.72 bits per heavy atom. The number of hydrogen-bond acceptors (Lipinski definition) is 5. The smallest absolute Gasteiger partial charge is 0.147 e. The molecule has 0 unspecified atom stereocenters. The summed E-state index contributed by atoms with van der Waals surface area (Å²) in [6, 6.07) is 20.7. The van der Waals surface area contributed by atoms with Gasteiger partial charge in [0.2, 0.25) is 0 Å². The third-order valence-electron chi connectivity index (χ3n) is 4.61. The van der Waals surface area contributed by atoms with Crippen LogP contribution in [0.4, 0.5) is 5.82 Å². The molecule has 0 aliphatic heterocycles. The number of hydrogen-bond donors (Lipinski definition) is 2. The first-order valence-electron chi connectivity index (χ1n) is 9.34. The van der Waals surface area contributed by atoms with E-state index in [1.165, 1.54) is 0 Å². The van der Waals surface area contributed by atoms with Crippen molar-refractivity contribution >= 4 is 16.7 Å². The van der Waals surface area contributed by atoms with Crippen LogP contribution < -0.4 is 10.1 Å². The number of phenols is 1. The highest BCUT2D eigenvalue weighted by Crippen LogP contribution is 2.37. The Bertz CT molecular complexity index is 1130. The number of aromatic hydroxyl groups is 1. The SMILES string of the molecule is C=CCOc1cccc([C@@H](Nc2ccccn2)c2ccc3cccnc3c2O)c1. The molecule has 0 amide bonds. The van der Waals surface area contributed by atoms with Gasteiger partial charge in [-0.05, 0) is 35.9 Å². The number of benzene rings is 2. The Hall–Kier alpha value is -3.86. The van der Waals surface area contributed by atoms with Crippen LogP contribution in [-0.4, -0.2) is 21.7 Å². The van der Waals surface area contributed by atoms with Gasteiger partial charge in [0.1, 0.15) is 29.4 Å². The van der Waals surface area contributed by atoms with Crippen LogP contribution >= 0.6 is 0 Å². The maximum atomic E-state index is 11.0. The van der Waals surface area contributed by atoms with E-state index < -0.39 is 0 Å². The molecule has 0 radical (unpaired) electrons. The first-order valence-corrected chi connectivity index (χ1v) is 9.34. The Morgan fingerprint density at radius 2 is 1.90 bits per heavy atom. The van der Waals surface area contributed by atoms with Crippen LogP contribution in [0.3, 0.4) is 0 Å². The van der Waals surface area contributed by atoms with Crippen molar-refractivity contribution in [3.63, 3.8) is 0 Å². The van der Waals surface area contributed by atoms with Crippen molar-refractivity contribution < 1.29 is 9.84 Å². The zero-order valence-electron chi connectivity index (χ0n) is 15.8. The van der Waals surface area contributed by atoms with Gasteiger partial charge in [0.05, 0.1) is 6.04 Å². The molecule has 1 atom stereocenters. The molecule has 0 bridgehead atoms. The highest BCUT2D eigenvalue weighted by Gasteiger charge is 2.21. The Morgan fingerprint density at radius 1 is 1.00 bits per heavy atom. The first-order chi connectivity index (χ1) is 14.3. The quantitative estimate of drug-likeness (QED) is 0.435. The molecule has 4 aromatic rings. The minimum Gasteiger partial charge on any atom is -0.505 e. The number of pyridine rings is 2. The van der Waals surface area contributed by atoms with E-state index in [4.69, 9.17) is 4.74 Å².